The molecule has 0 aliphatic carbocycles. The van der Waals surface area contributed by atoms with Gasteiger partial charge in [0.05, 0.1) is 6.42 Å². The van der Waals surface area contributed by atoms with E-state index in [1.807, 2.05) is 0 Å². The molecule has 3 nitrogen and oxygen atoms in total. The van der Waals surface area contributed by atoms with Crippen molar-refractivity contribution in [3.05, 3.63) is 64.4 Å². The lowest BCUT2D eigenvalue weighted by Gasteiger charge is -2.08. The molecule has 2 aromatic rings. The lowest BCUT2D eigenvalue weighted by molar-refractivity contribution is -0.136. The van der Waals surface area contributed by atoms with Crippen molar-refractivity contribution in [2.75, 3.05) is 0 Å². The van der Waals surface area contributed by atoms with Crippen LogP contribution in [-0.2, 0) is 17.8 Å². The van der Waals surface area contributed by atoms with Crippen LogP contribution in [-0.4, -0.2) is 11.1 Å². The van der Waals surface area contributed by atoms with Crippen molar-refractivity contribution < 1.29 is 19.0 Å². The van der Waals surface area contributed by atoms with Crippen LogP contribution in [0.3, 0.4) is 0 Å². The maximum Gasteiger partial charge on any atom is 0.307 e. The normalized spacial score (nSPS) is 10.3. The Bertz CT molecular complexity index is 611. The van der Waals surface area contributed by atoms with Gasteiger partial charge in [-0.25, -0.2) is 4.39 Å². The number of hydrogen-bond acceptors (Lipinski definition) is 2. The second-order valence-electron chi connectivity index (χ2n) is 4.24. The molecule has 0 aliphatic rings. The summed E-state index contributed by atoms with van der Waals surface area (Å²) < 4.78 is 18.9. The van der Waals surface area contributed by atoms with Crippen LogP contribution in [0.5, 0.6) is 5.75 Å². The molecule has 104 valence electrons. The largest absolute Gasteiger partial charge is 0.489 e. The third-order valence-corrected chi connectivity index (χ3v) is 2.92. The van der Waals surface area contributed by atoms with Gasteiger partial charge in [-0.15, -0.1) is 0 Å². The molecule has 0 fully saturated rings. The van der Waals surface area contributed by atoms with Crippen molar-refractivity contribution in [1.29, 1.82) is 0 Å². The molecule has 0 heterocycles. The van der Waals surface area contributed by atoms with E-state index < -0.39 is 5.97 Å². The third-order valence-electron chi connectivity index (χ3n) is 2.68. The molecule has 2 rings (SSSR count). The van der Waals surface area contributed by atoms with Gasteiger partial charge in [0.15, 0.2) is 0 Å². The minimum atomic E-state index is -0.889. The monoisotopic (exact) mass is 294 g/mol. The van der Waals surface area contributed by atoms with Gasteiger partial charge in [-0.05, 0) is 35.9 Å². The van der Waals surface area contributed by atoms with Crippen molar-refractivity contribution in [3.63, 3.8) is 0 Å². The molecule has 0 saturated heterocycles. The Morgan fingerprint density at radius 3 is 2.55 bits per heavy atom. The van der Waals surface area contributed by atoms with Gasteiger partial charge in [-0.3, -0.25) is 4.79 Å². The molecule has 20 heavy (non-hydrogen) atoms. The van der Waals surface area contributed by atoms with E-state index in [-0.39, 0.29) is 18.8 Å². The van der Waals surface area contributed by atoms with Crippen molar-refractivity contribution in [3.8, 4) is 5.75 Å². The zero-order valence-electron chi connectivity index (χ0n) is 10.5. The van der Waals surface area contributed by atoms with Crippen molar-refractivity contribution in [2.24, 2.45) is 0 Å². The van der Waals surface area contributed by atoms with Gasteiger partial charge in [0.25, 0.3) is 0 Å². The van der Waals surface area contributed by atoms with Crippen molar-refractivity contribution in [2.45, 2.75) is 13.0 Å². The number of hydrogen-bond donors (Lipinski definition) is 1. The molecular weight excluding hydrogens is 283 g/mol. The van der Waals surface area contributed by atoms with Crippen LogP contribution in [0.25, 0.3) is 0 Å². The van der Waals surface area contributed by atoms with Gasteiger partial charge in [0, 0.05) is 10.6 Å². The zero-order valence-corrected chi connectivity index (χ0v) is 11.2. The minimum absolute atomic E-state index is 0.0385. The molecule has 5 heteroatoms. The number of carboxylic acids is 1. The molecule has 0 aliphatic heterocycles. The van der Waals surface area contributed by atoms with E-state index in [0.29, 0.717) is 21.9 Å². The smallest absolute Gasteiger partial charge is 0.307 e. The maximum absolute atomic E-state index is 13.5. The van der Waals surface area contributed by atoms with Crippen LogP contribution in [0.15, 0.2) is 42.5 Å². The molecule has 1 N–H and O–H groups in total. The first kappa shape index (κ1) is 14.3. The second kappa shape index (κ2) is 6.39. The number of carboxylic acid groups (broad SMARTS) is 1. The van der Waals surface area contributed by atoms with Crippen LogP contribution >= 0.6 is 11.6 Å². The summed E-state index contributed by atoms with van der Waals surface area (Å²) in [5.74, 6) is -0.727. The van der Waals surface area contributed by atoms with E-state index in [1.54, 1.807) is 24.3 Å². The first-order valence-corrected chi connectivity index (χ1v) is 6.30. The molecule has 0 atom stereocenters. The molecule has 0 unspecified atom stereocenters. The standard InChI is InChI=1S/C15H12ClFO3/c16-12-3-6-14(17)11(8-12)9-20-13-4-1-10(2-5-13)7-15(18)19/h1-6,8H,7,9H2,(H,18,19). The number of rotatable bonds is 5. The number of halogens is 2. The average Bonchev–Trinajstić information content (AvgIpc) is 2.41. The number of benzene rings is 2. The predicted molar refractivity (Wildman–Crippen MR) is 73.5 cm³/mol. The Hall–Kier alpha value is -2.07. The van der Waals surface area contributed by atoms with Gasteiger partial charge < -0.3 is 9.84 Å². The van der Waals surface area contributed by atoms with Crippen LogP contribution in [0.1, 0.15) is 11.1 Å². The molecule has 0 radical (unpaired) electrons. The van der Waals surface area contributed by atoms with Crippen molar-refractivity contribution in [1.82, 2.24) is 0 Å². The highest BCUT2D eigenvalue weighted by atomic mass is 35.5. The van der Waals surface area contributed by atoms with Gasteiger partial charge in [0.2, 0.25) is 0 Å². The van der Waals surface area contributed by atoms with Gasteiger partial charge >= 0.3 is 5.97 Å². The summed E-state index contributed by atoms with van der Waals surface area (Å²) in [5.41, 5.74) is 1.05. The molecule has 0 aromatic heterocycles. The van der Waals surface area contributed by atoms with Crippen LogP contribution in [0.2, 0.25) is 5.02 Å². The highest BCUT2D eigenvalue weighted by Gasteiger charge is 2.05. The Balaban J connectivity index is 2.00. The first-order chi connectivity index (χ1) is 9.54. The Labute approximate surface area is 120 Å². The second-order valence-corrected chi connectivity index (χ2v) is 4.68. The summed E-state index contributed by atoms with van der Waals surface area (Å²) in [6.45, 7) is 0.0602. The van der Waals surface area contributed by atoms with E-state index >= 15 is 0 Å². The molecule has 0 saturated carbocycles. The quantitative estimate of drug-likeness (QED) is 0.915. The molecule has 2 aromatic carbocycles. The fourth-order valence-corrected chi connectivity index (χ4v) is 1.89. The highest BCUT2D eigenvalue weighted by molar-refractivity contribution is 6.30. The summed E-state index contributed by atoms with van der Waals surface area (Å²) in [4.78, 5) is 10.5. The summed E-state index contributed by atoms with van der Waals surface area (Å²) in [6, 6.07) is 10.9. The summed E-state index contributed by atoms with van der Waals surface area (Å²) in [5, 5.41) is 9.11. The van der Waals surface area contributed by atoms with E-state index in [2.05, 4.69) is 0 Å². The molecule has 0 amide bonds. The Morgan fingerprint density at radius 2 is 1.90 bits per heavy atom. The van der Waals surface area contributed by atoms with Crippen LogP contribution in [0.4, 0.5) is 4.39 Å². The minimum Gasteiger partial charge on any atom is -0.489 e. The summed E-state index contributed by atoms with van der Waals surface area (Å²) >= 11 is 5.79. The van der Waals surface area contributed by atoms with Gasteiger partial charge in [0.1, 0.15) is 18.2 Å². The Kier molecular flexibility index (Phi) is 4.58. The van der Waals surface area contributed by atoms with Crippen LogP contribution < -0.4 is 4.74 Å². The fraction of sp³-hybridized carbons (Fsp3) is 0.133. The molecule has 0 bridgehead atoms. The lowest BCUT2D eigenvalue weighted by atomic mass is 10.1. The lowest BCUT2D eigenvalue weighted by Crippen LogP contribution is -2.01. The first-order valence-electron chi connectivity index (χ1n) is 5.92. The Morgan fingerprint density at radius 1 is 1.20 bits per heavy atom. The van der Waals surface area contributed by atoms with Gasteiger partial charge in [-0.1, -0.05) is 23.7 Å². The summed E-state index contributed by atoms with van der Waals surface area (Å²) in [7, 11) is 0. The fourth-order valence-electron chi connectivity index (χ4n) is 1.69. The SMILES string of the molecule is O=C(O)Cc1ccc(OCc2cc(Cl)ccc2F)cc1. The van der Waals surface area contributed by atoms with E-state index in [1.165, 1.54) is 18.2 Å². The van der Waals surface area contributed by atoms with E-state index in [4.69, 9.17) is 21.4 Å². The van der Waals surface area contributed by atoms with Crippen LogP contribution in [0, 0.1) is 5.82 Å². The third kappa shape index (κ3) is 3.96. The van der Waals surface area contributed by atoms with Gasteiger partial charge in [-0.2, -0.15) is 0 Å². The molecular formula is C15H12ClFO3. The van der Waals surface area contributed by atoms with Crippen molar-refractivity contribution >= 4 is 17.6 Å². The predicted octanol–water partition coefficient (Wildman–Crippen LogP) is 3.69. The zero-order chi connectivity index (χ0) is 14.5. The highest BCUT2D eigenvalue weighted by Crippen LogP contribution is 2.18. The summed E-state index contributed by atoms with van der Waals surface area (Å²) in [6.07, 6.45) is -0.0385. The maximum atomic E-state index is 13.5. The number of aliphatic carboxylic acids is 1. The molecule has 0 spiro atoms. The average molecular weight is 295 g/mol. The number of ether oxygens (including phenoxy) is 1. The topological polar surface area (TPSA) is 46.5 Å². The number of carbonyl (C=O) groups is 1. The van der Waals surface area contributed by atoms with E-state index in [9.17, 15) is 9.18 Å². The van der Waals surface area contributed by atoms with E-state index in [0.717, 1.165) is 0 Å².